The minimum Gasteiger partial charge on any atom is -0.481 e. The minimum absolute atomic E-state index is 0.129. The van der Waals surface area contributed by atoms with Crippen LogP contribution in [0.15, 0.2) is 18.2 Å². The molecule has 0 aliphatic heterocycles. The van der Waals surface area contributed by atoms with E-state index in [1.54, 1.807) is 0 Å². The van der Waals surface area contributed by atoms with E-state index in [9.17, 15) is 23.2 Å². The quantitative estimate of drug-likeness (QED) is 0.617. The highest BCUT2D eigenvalue weighted by molar-refractivity contribution is 5.86. The summed E-state index contributed by atoms with van der Waals surface area (Å²) in [6.45, 7) is -0.380. The molecule has 1 unspecified atom stereocenters. The van der Waals surface area contributed by atoms with Crippen LogP contribution in [0.5, 0.6) is 0 Å². The van der Waals surface area contributed by atoms with Crippen molar-refractivity contribution in [2.45, 2.75) is 19.0 Å². The first-order valence-electron chi connectivity index (χ1n) is 5.72. The highest BCUT2D eigenvalue weighted by Gasteiger charge is 2.22. The summed E-state index contributed by atoms with van der Waals surface area (Å²) in [6, 6.07) is 0.0369. The van der Waals surface area contributed by atoms with Crippen molar-refractivity contribution in [3.8, 4) is 0 Å². The zero-order valence-corrected chi connectivity index (χ0v) is 10.6. The summed E-state index contributed by atoms with van der Waals surface area (Å²) in [7, 11) is 0. The molecule has 1 aromatic carbocycles. The van der Waals surface area contributed by atoms with E-state index in [0.29, 0.717) is 0 Å². The molecule has 0 saturated heterocycles. The molecule has 1 aromatic rings. The minimum atomic E-state index is -1.63. The third-order valence-electron chi connectivity index (χ3n) is 2.43. The fourth-order valence-electron chi connectivity index (χ4n) is 1.44. The van der Waals surface area contributed by atoms with Crippen molar-refractivity contribution in [1.82, 2.24) is 10.6 Å². The standard InChI is InChI=1S/C12H12F2N2O5/c13-7-1-2-8(14)6(3-7)5-15-12(21)16-9(11(19)20)4-10(17)18/h1-3,9H,4-5H2,(H,17,18)(H,19,20)(H2,15,16,21). The maximum absolute atomic E-state index is 13.3. The van der Waals surface area contributed by atoms with Gasteiger partial charge in [0, 0.05) is 12.1 Å². The van der Waals surface area contributed by atoms with E-state index < -0.39 is 42.1 Å². The summed E-state index contributed by atoms with van der Waals surface area (Å²) >= 11 is 0. The molecule has 0 spiro atoms. The second kappa shape index (κ2) is 7.17. The third-order valence-corrected chi connectivity index (χ3v) is 2.43. The second-order valence-electron chi connectivity index (χ2n) is 4.05. The fraction of sp³-hybridized carbons (Fsp3) is 0.250. The van der Waals surface area contributed by atoms with Crippen molar-refractivity contribution < 1.29 is 33.4 Å². The average molecular weight is 302 g/mol. The molecule has 0 aliphatic carbocycles. The van der Waals surface area contributed by atoms with Gasteiger partial charge in [-0.15, -0.1) is 0 Å². The Kier molecular flexibility index (Phi) is 5.58. The van der Waals surface area contributed by atoms with Crippen LogP contribution >= 0.6 is 0 Å². The molecule has 9 heteroatoms. The van der Waals surface area contributed by atoms with Crippen LogP contribution in [0, 0.1) is 11.6 Å². The van der Waals surface area contributed by atoms with Crippen molar-refractivity contribution >= 4 is 18.0 Å². The lowest BCUT2D eigenvalue weighted by atomic mass is 10.2. The van der Waals surface area contributed by atoms with Gasteiger partial charge in [0.1, 0.15) is 17.7 Å². The molecule has 0 bridgehead atoms. The van der Waals surface area contributed by atoms with Crippen LogP contribution in [0.2, 0.25) is 0 Å². The molecule has 114 valence electrons. The van der Waals surface area contributed by atoms with E-state index in [2.05, 4.69) is 5.32 Å². The van der Waals surface area contributed by atoms with Crippen LogP contribution in [0.4, 0.5) is 13.6 Å². The molecule has 0 saturated carbocycles. The number of hydrogen-bond donors (Lipinski definition) is 4. The number of urea groups is 1. The first kappa shape index (κ1) is 16.3. The largest absolute Gasteiger partial charge is 0.481 e. The van der Waals surface area contributed by atoms with Crippen molar-refractivity contribution in [2.75, 3.05) is 0 Å². The first-order chi connectivity index (χ1) is 9.79. The number of carbonyl (C=O) groups excluding carboxylic acids is 1. The Morgan fingerprint density at radius 3 is 2.43 bits per heavy atom. The Bertz CT molecular complexity index is 565. The van der Waals surface area contributed by atoms with Crippen LogP contribution in [0.25, 0.3) is 0 Å². The number of halogens is 2. The van der Waals surface area contributed by atoms with Gasteiger partial charge in [0.05, 0.1) is 6.42 Å². The summed E-state index contributed by atoms with van der Waals surface area (Å²) < 4.78 is 26.2. The van der Waals surface area contributed by atoms with E-state index in [-0.39, 0.29) is 12.1 Å². The molecule has 4 N–H and O–H groups in total. The highest BCUT2D eigenvalue weighted by Crippen LogP contribution is 2.09. The lowest BCUT2D eigenvalue weighted by molar-refractivity contribution is -0.145. The van der Waals surface area contributed by atoms with Gasteiger partial charge in [-0.25, -0.2) is 18.4 Å². The summed E-state index contributed by atoms with van der Waals surface area (Å²) in [6.07, 6.45) is -0.808. The summed E-state index contributed by atoms with van der Waals surface area (Å²) in [4.78, 5) is 32.6. The van der Waals surface area contributed by atoms with Crippen molar-refractivity contribution in [2.24, 2.45) is 0 Å². The lowest BCUT2D eigenvalue weighted by Gasteiger charge is -2.13. The molecule has 0 fully saturated rings. The Hall–Kier alpha value is -2.71. The third kappa shape index (κ3) is 5.43. The summed E-state index contributed by atoms with van der Waals surface area (Å²) in [5.41, 5.74) is -0.129. The van der Waals surface area contributed by atoms with Gasteiger partial charge in [0.15, 0.2) is 0 Å². The molecule has 1 atom stereocenters. The fourth-order valence-corrected chi connectivity index (χ4v) is 1.44. The zero-order chi connectivity index (χ0) is 16.0. The van der Waals surface area contributed by atoms with Crippen molar-refractivity contribution in [3.63, 3.8) is 0 Å². The molecule has 1 rings (SSSR count). The molecule has 21 heavy (non-hydrogen) atoms. The summed E-state index contributed by atoms with van der Waals surface area (Å²) in [5, 5.41) is 21.2. The van der Waals surface area contributed by atoms with E-state index in [0.717, 1.165) is 18.2 Å². The van der Waals surface area contributed by atoms with Gasteiger partial charge >= 0.3 is 18.0 Å². The van der Waals surface area contributed by atoms with Crippen LogP contribution in [0.3, 0.4) is 0 Å². The lowest BCUT2D eigenvalue weighted by Crippen LogP contribution is -2.46. The first-order valence-corrected chi connectivity index (χ1v) is 5.72. The van der Waals surface area contributed by atoms with Gasteiger partial charge in [0.2, 0.25) is 0 Å². The number of amides is 2. The van der Waals surface area contributed by atoms with Crippen LogP contribution < -0.4 is 10.6 Å². The van der Waals surface area contributed by atoms with Gasteiger partial charge in [0.25, 0.3) is 0 Å². The normalized spacial score (nSPS) is 11.5. The molecule has 7 nitrogen and oxygen atoms in total. The molecule has 0 heterocycles. The Morgan fingerprint density at radius 2 is 1.86 bits per heavy atom. The number of nitrogens with one attached hydrogen (secondary N) is 2. The second-order valence-corrected chi connectivity index (χ2v) is 4.05. The van der Waals surface area contributed by atoms with Crippen molar-refractivity contribution in [3.05, 3.63) is 35.4 Å². The van der Waals surface area contributed by atoms with E-state index in [1.807, 2.05) is 5.32 Å². The molecule has 0 aromatic heterocycles. The van der Waals surface area contributed by atoms with Crippen LogP contribution in [-0.2, 0) is 16.1 Å². The van der Waals surface area contributed by atoms with Crippen LogP contribution in [0.1, 0.15) is 12.0 Å². The average Bonchev–Trinajstić information content (AvgIpc) is 2.38. The van der Waals surface area contributed by atoms with E-state index in [4.69, 9.17) is 10.2 Å². The number of rotatable bonds is 6. The maximum atomic E-state index is 13.3. The van der Waals surface area contributed by atoms with Crippen molar-refractivity contribution in [1.29, 1.82) is 0 Å². The molecular formula is C12H12F2N2O5. The van der Waals surface area contributed by atoms with Gasteiger partial charge in [-0.1, -0.05) is 0 Å². The molecule has 2 amide bonds. The molecule has 0 aliphatic rings. The molecular weight excluding hydrogens is 290 g/mol. The predicted molar refractivity (Wildman–Crippen MR) is 65.4 cm³/mol. The summed E-state index contributed by atoms with van der Waals surface area (Å²) in [5.74, 6) is -4.36. The predicted octanol–water partition coefficient (Wildman–Crippen LogP) is 0.692. The number of carboxylic acid groups (broad SMARTS) is 2. The zero-order valence-electron chi connectivity index (χ0n) is 10.6. The van der Waals surface area contributed by atoms with E-state index >= 15 is 0 Å². The topological polar surface area (TPSA) is 116 Å². The highest BCUT2D eigenvalue weighted by atomic mass is 19.1. The van der Waals surface area contributed by atoms with Gasteiger partial charge in [-0.05, 0) is 18.2 Å². The smallest absolute Gasteiger partial charge is 0.326 e. The van der Waals surface area contributed by atoms with Gasteiger partial charge in [-0.3, -0.25) is 4.79 Å². The SMILES string of the molecule is O=C(O)CC(NC(=O)NCc1cc(F)ccc1F)C(=O)O. The van der Waals surface area contributed by atoms with Gasteiger partial charge < -0.3 is 20.8 Å². The number of hydrogen-bond acceptors (Lipinski definition) is 3. The Morgan fingerprint density at radius 1 is 1.19 bits per heavy atom. The van der Waals surface area contributed by atoms with Gasteiger partial charge in [-0.2, -0.15) is 0 Å². The number of carbonyl (C=O) groups is 3. The van der Waals surface area contributed by atoms with E-state index in [1.165, 1.54) is 0 Å². The number of benzene rings is 1. The monoisotopic (exact) mass is 302 g/mol. The number of carboxylic acids is 2. The van der Waals surface area contributed by atoms with Crippen LogP contribution in [-0.4, -0.2) is 34.2 Å². The maximum Gasteiger partial charge on any atom is 0.326 e. The Labute approximate surface area is 117 Å². The number of aliphatic carboxylic acids is 2. The Balaban J connectivity index is 2.58. The molecule has 0 radical (unpaired) electrons.